The third kappa shape index (κ3) is 2.05. The van der Waals surface area contributed by atoms with Gasteiger partial charge in [0.15, 0.2) is 18.2 Å². The maximum Gasteiger partial charge on any atom is 0.270 e. The average molecular weight is 254 g/mol. The minimum Gasteiger partial charge on any atom is -0.480 e. The van der Waals surface area contributed by atoms with Crippen LogP contribution < -0.4 is 9.64 Å². The van der Waals surface area contributed by atoms with Crippen LogP contribution in [0.4, 0.5) is 11.5 Å². The minimum absolute atomic E-state index is 0.0473. The fourth-order valence-electron chi connectivity index (χ4n) is 2.16. The summed E-state index contributed by atoms with van der Waals surface area (Å²) in [7, 11) is 0. The van der Waals surface area contributed by atoms with Gasteiger partial charge in [-0.15, -0.1) is 0 Å². The number of carbonyl (C=O) groups is 1. The van der Waals surface area contributed by atoms with Crippen molar-refractivity contribution >= 4 is 17.4 Å². The molecular formula is C15H14N2O2. The lowest BCUT2D eigenvalue weighted by Crippen LogP contribution is -2.35. The number of ether oxygens (including phenoxy) is 1. The summed E-state index contributed by atoms with van der Waals surface area (Å²) in [6.07, 6.45) is 0. The molecule has 0 atom stereocenters. The molecule has 1 aliphatic rings. The lowest BCUT2D eigenvalue weighted by atomic mass is 10.2. The van der Waals surface area contributed by atoms with Crippen LogP contribution >= 0.6 is 0 Å². The first-order valence-electron chi connectivity index (χ1n) is 6.15. The van der Waals surface area contributed by atoms with Crippen molar-refractivity contribution < 1.29 is 9.53 Å². The van der Waals surface area contributed by atoms with Gasteiger partial charge in [-0.1, -0.05) is 12.1 Å². The van der Waals surface area contributed by atoms with Gasteiger partial charge in [0.2, 0.25) is 0 Å². The first kappa shape index (κ1) is 11.7. The van der Waals surface area contributed by atoms with E-state index in [-0.39, 0.29) is 12.5 Å². The average Bonchev–Trinajstić information content (AvgIpc) is 2.38. The Morgan fingerprint density at radius 1 is 1.21 bits per heavy atom. The Balaban J connectivity index is 2.15. The van der Waals surface area contributed by atoms with E-state index in [2.05, 4.69) is 4.98 Å². The molecule has 0 aliphatic carbocycles. The van der Waals surface area contributed by atoms with Gasteiger partial charge in [-0.2, -0.15) is 0 Å². The second-order valence-corrected chi connectivity index (χ2v) is 4.63. The molecule has 0 fully saturated rings. The molecule has 2 heterocycles. The van der Waals surface area contributed by atoms with Crippen LogP contribution in [-0.2, 0) is 4.79 Å². The summed E-state index contributed by atoms with van der Waals surface area (Å²) < 4.78 is 5.42. The molecule has 0 saturated heterocycles. The van der Waals surface area contributed by atoms with Gasteiger partial charge < -0.3 is 4.74 Å². The Hall–Kier alpha value is -2.36. The van der Waals surface area contributed by atoms with Crippen molar-refractivity contribution in [3.05, 3.63) is 47.7 Å². The molecule has 4 nitrogen and oxygen atoms in total. The summed E-state index contributed by atoms with van der Waals surface area (Å²) in [4.78, 5) is 18.2. The van der Waals surface area contributed by atoms with Crippen LogP contribution in [-0.4, -0.2) is 17.5 Å². The molecule has 0 N–H and O–H groups in total. The summed E-state index contributed by atoms with van der Waals surface area (Å²) >= 11 is 0. The van der Waals surface area contributed by atoms with Crippen molar-refractivity contribution in [3.8, 4) is 5.75 Å². The molecular weight excluding hydrogens is 240 g/mol. The second kappa shape index (κ2) is 4.39. The lowest BCUT2D eigenvalue weighted by Gasteiger charge is -2.28. The highest BCUT2D eigenvalue weighted by Crippen LogP contribution is 2.35. The Labute approximate surface area is 111 Å². The van der Waals surface area contributed by atoms with Gasteiger partial charge in [0.25, 0.3) is 5.91 Å². The quantitative estimate of drug-likeness (QED) is 0.785. The van der Waals surface area contributed by atoms with Gasteiger partial charge in [0.05, 0.1) is 5.69 Å². The molecule has 2 aromatic rings. The number of carbonyl (C=O) groups excluding carboxylic acids is 1. The van der Waals surface area contributed by atoms with E-state index in [9.17, 15) is 4.79 Å². The van der Waals surface area contributed by atoms with Crippen molar-refractivity contribution in [3.63, 3.8) is 0 Å². The van der Waals surface area contributed by atoms with Crippen LogP contribution in [0, 0.1) is 13.8 Å². The van der Waals surface area contributed by atoms with E-state index in [0.717, 1.165) is 16.9 Å². The highest BCUT2D eigenvalue weighted by molar-refractivity contribution is 6.03. The normalized spacial score (nSPS) is 14.0. The molecule has 0 radical (unpaired) electrons. The van der Waals surface area contributed by atoms with E-state index in [1.807, 2.05) is 50.2 Å². The summed E-state index contributed by atoms with van der Waals surface area (Å²) in [6, 6.07) is 11.5. The van der Waals surface area contributed by atoms with Gasteiger partial charge in [0, 0.05) is 5.69 Å². The summed E-state index contributed by atoms with van der Waals surface area (Å²) in [5, 5.41) is 0. The zero-order valence-corrected chi connectivity index (χ0v) is 10.9. The number of anilines is 2. The molecule has 19 heavy (non-hydrogen) atoms. The van der Waals surface area contributed by atoms with Crippen LogP contribution in [0.2, 0.25) is 0 Å². The van der Waals surface area contributed by atoms with E-state index in [1.54, 1.807) is 4.90 Å². The number of pyridine rings is 1. The van der Waals surface area contributed by atoms with Crippen molar-refractivity contribution in [1.29, 1.82) is 0 Å². The molecule has 0 unspecified atom stereocenters. The van der Waals surface area contributed by atoms with Crippen molar-refractivity contribution in [2.75, 3.05) is 11.5 Å². The Morgan fingerprint density at radius 2 is 2.05 bits per heavy atom. The Kier molecular flexibility index (Phi) is 2.71. The summed E-state index contributed by atoms with van der Waals surface area (Å²) in [5.74, 6) is 1.12. The van der Waals surface area contributed by atoms with Crippen molar-refractivity contribution in [1.82, 2.24) is 4.98 Å². The molecule has 0 bridgehead atoms. The lowest BCUT2D eigenvalue weighted by molar-refractivity contribution is -0.120. The van der Waals surface area contributed by atoms with Gasteiger partial charge >= 0.3 is 0 Å². The molecule has 3 rings (SSSR count). The number of aryl methyl sites for hydroxylation is 2. The Bertz CT molecular complexity index is 652. The highest BCUT2D eigenvalue weighted by Gasteiger charge is 2.28. The molecule has 1 amide bonds. The van der Waals surface area contributed by atoms with Crippen molar-refractivity contribution in [2.45, 2.75) is 13.8 Å². The maximum absolute atomic E-state index is 12.1. The maximum atomic E-state index is 12.1. The summed E-state index contributed by atoms with van der Waals surface area (Å²) in [6.45, 7) is 3.94. The van der Waals surface area contributed by atoms with Crippen LogP contribution in [0.3, 0.4) is 0 Å². The van der Waals surface area contributed by atoms with Crippen LogP contribution in [0.15, 0.2) is 36.4 Å². The second-order valence-electron chi connectivity index (χ2n) is 4.63. The zero-order valence-electron chi connectivity index (χ0n) is 10.9. The smallest absolute Gasteiger partial charge is 0.270 e. The highest BCUT2D eigenvalue weighted by atomic mass is 16.5. The number of aromatic nitrogens is 1. The zero-order chi connectivity index (χ0) is 13.4. The van der Waals surface area contributed by atoms with E-state index >= 15 is 0 Å². The number of rotatable bonds is 1. The third-order valence-electron chi connectivity index (χ3n) is 3.05. The number of hydrogen-bond donors (Lipinski definition) is 0. The number of fused-ring (bicyclic) bond motifs is 1. The van der Waals surface area contributed by atoms with Gasteiger partial charge in [-0.05, 0) is 43.7 Å². The number of hydrogen-bond acceptors (Lipinski definition) is 3. The largest absolute Gasteiger partial charge is 0.480 e. The van der Waals surface area contributed by atoms with E-state index in [4.69, 9.17) is 4.74 Å². The van der Waals surface area contributed by atoms with Crippen LogP contribution in [0.5, 0.6) is 5.75 Å². The molecule has 1 aliphatic heterocycles. The topological polar surface area (TPSA) is 42.4 Å². The third-order valence-corrected chi connectivity index (χ3v) is 3.05. The predicted molar refractivity (Wildman–Crippen MR) is 72.8 cm³/mol. The van der Waals surface area contributed by atoms with Crippen LogP contribution in [0.1, 0.15) is 11.3 Å². The molecule has 1 aromatic heterocycles. The molecule has 0 saturated carbocycles. The summed E-state index contributed by atoms with van der Waals surface area (Å²) in [5.41, 5.74) is 2.79. The number of nitrogens with zero attached hydrogens (tertiary/aromatic N) is 2. The van der Waals surface area contributed by atoms with Gasteiger partial charge in [-0.25, -0.2) is 4.98 Å². The Morgan fingerprint density at radius 3 is 2.84 bits per heavy atom. The van der Waals surface area contributed by atoms with Crippen molar-refractivity contribution in [2.24, 2.45) is 0 Å². The van der Waals surface area contributed by atoms with E-state index in [0.29, 0.717) is 11.6 Å². The number of amides is 1. The van der Waals surface area contributed by atoms with E-state index in [1.165, 1.54) is 0 Å². The first-order chi connectivity index (χ1) is 9.15. The molecule has 0 spiro atoms. The monoisotopic (exact) mass is 254 g/mol. The SMILES string of the molecule is Cc1cccc(N2C(=O)COc3ccc(C)nc32)c1. The minimum atomic E-state index is -0.101. The van der Waals surface area contributed by atoms with Gasteiger partial charge in [-0.3, -0.25) is 9.69 Å². The fraction of sp³-hybridized carbons (Fsp3) is 0.200. The molecule has 4 heteroatoms. The number of benzene rings is 1. The predicted octanol–water partition coefficient (Wildman–Crippen LogP) is 2.76. The standard InChI is InChI=1S/C15H14N2O2/c1-10-4-3-5-12(8-10)17-14(18)9-19-13-7-6-11(2)16-15(13)17/h3-8H,9H2,1-2H3. The fourth-order valence-corrected chi connectivity index (χ4v) is 2.16. The van der Waals surface area contributed by atoms with Gasteiger partial charge in [0.1, 0.15) is 0 Å². The molecule has 96 valence electrons. The first-order valence-corrected chi connectivity index (χ1v) is 6.15. The molecule has 1 aromatic carbocycles. The van der Waals surface area contributed by atoms with Crippen LogP contribution in [0.25, 0.3) is 0 Å². The van der Waals surface area contributed by atoms with E-state index < -0.39 is 0 Å².